The Kier molecular flexibility index (Phi) is 4.38. The molecule has 0 aliphatic carbocycles. The molecule has 0 saturated carbocycles. The molecule has 8 heteroatoms. The summed E-state index contributed by atoms with van der Waals surface area (Å²) < 4.78 is 0. The van der Waals surface area contributed by atoms with E-state index in [1.54, 1.807) is 13.8 Å². The van der Waals surface area contributed by atoms with Gasteiger partial charge in [0.05, 0.1) is 21.6 Å². The average molecular weight is 281 g/mol. The lowest BCUT2D eigenvalue weighted by atomic mass is 9.89. The maximum Gasteiger partial charge on any atom is 0.278 e. The normalized spacial score (nSPS) is 10.9. The zero-order valence-corrected chi connectivity index (χ0v) is 11.4. The Morgan fingerprint density at radius 1 is 1.15 bits per heavy atom. The predicted molar refractivity (Wildman–Crippen MR) is 72.5 cm³/mol. The standard InChI is InChI=1S/C12H15N3O5/c1-4-12(2,3)11(16)13-8-5-9(14(17)18)7-10(6-8)15(19)20/h5-7H,4H2,1-3H3,(H,13,16). The quantitative estimate of drug-likeness (QED) is 0.658. The first-order chi connectivity index (χ1) is 9.17. The highest BCUT2D eigenvalue weighted by Crippen LogP contribution is 2.28. The van der Waals surface area contributed by atoms with Gasteiger partial charge in [0.25, 0.3) is 11.4 Å². The minimum Gasteiger partial charge on any atom is -0.325 e. The number of nitrogens with one attached hydrogen (secondary N) is 1. The zero-order chi connectivity index (χ0) is 15.5. The second-order valence-electron chi connectivity index (χ2n) is 4.94. The van der Waals surface area contributed by atoms with Crippen LogP contribution in [0.4, 0.5) is 17.1 Å². The third kappa shape index (κ3) is 3.50. The monoisotopic (exact) mass is 281 g/mol. The van der Waals surface area contributed by atoms with Gasteiger partial charge in [0.15, 0.2) is 0 Å². The Morgan fingerprint density at radius 2 is 1.60 bits per heavy atom. The second-order valence-corrected chi connectivity index (χ2v) is 4.94. The number of hydrogen-bond acceptors (Lipinski definition) is 5. The third-order valence-electron chi connectivity index (χ3n) is 3.08. The van der Waals surface area contributed by atoms with Gasteiger partial charge in [-0.05, 0) is 6.42 Å². The number of nitro benzene ring substituents is 2. The van der Waals surface area contributed by atoms with E-state index in [-0.39, 0.29) is 11.6 Å². The van der Waals surface area contributed by atoms with Gasteiger partial charge in [-0.3, -0.25) is 25.0 Å². The van der Waals surface area contributed by atoms with Crippen LogP contribution < -0.4 is 5.32 Å². The van der Waals surface area contributed by atoms with Crippen molar-refractivity contribution in [1.82, 2.24) is 0 Å². The van der Waals surface area contributed by atoms with Crippen molar-refractivity contribution in [3.05, 3.63) is 38.4 Å². The number of nitro groups is 2. The molecule has 1 amide bonds. The number of amides is 1. The van der Waals surface area contributed by atoms with Crippen LogP contribution in [0.25, 0.3) is 0 Å². The molecule has 0 unspecified atom stereocenters. The van der Waals surface area contributed by atoms with Crippen molar-refractivity contribution >= 4 is 23.0 Å². The van der Waals surface area contributed by atoms with E-state index in [1.807, 2.05) is 6.92 Å². The topological polar surface area (TPSA) is 115 Å². The summed E-state index contributed by atoms with van der Waals surface area (Å²) in [6.07, 6.45) is 0.565. The van der Waals surface area contributed by atoms with Gasteiger partial charge in [-0.25, -0.2) is 0 Å². The Morgan fingerprint density at radius 3 is 1.95 bits per heavy atom. The lowest BCUT2D eigenvalue weighted by Crippen LogP contribution is -2.30. The first-order valence-corrected chi connectivity index (χ1v) is 5.92. The van der Waals surface area contributed by atoms with Gasteiger partial charge >= 0.3 is 0 Å². The molecule has 1 rings (SSSR count). The van der Waals surface area contributed by atoms with Crippen LogP contribution in [-0.2, 0) is 4.79 Å². The van der Waals surface area contributed by atoms with E-state index in [9.17, 15) is 25.0 Å². The van der Waals surface area contributed by atoms with Gasteiger partial charge in [0, 0.05) is 17.5 Å². The van der Waals surface area contributed by atoms with Gasteiger partial charge in [0.1, 0.15) is 0 Å². The Bertz CT molecular complexity index is 536. The molecule has 1 N–H and O–H groups in total. The molecule has 0 fully saturated rings. The molecular formula is C12H15N3O5. The van der Waals surface area contributed by atoms with Crippen molar-refractivity contribution in [3.63, 3.8) is 0 Å². The van der Waals surface area contributed by atoms with Crippen molar-refractivity contribution in [2.75, 3.05) is 5.32 Å². The van der Waals surface area contributed by atoms with E-state index in [1.165, 1.54) is 0 Å². The number of hydrogen-bond donors (Lipinski definition) is 1. The molecule has 0 aliphatic heterocycles. The van der Waals surface area contributed by atoms with Crippen molar-refractivity contribution in [2.45, 2.75) is 27.2 Å². The highest BCUT2D eigenvalue weighted by atomic mass is 16.6. The fourth-order valence-corrected chi connectivity index (χ4v) is 1.34. The van der Waals surface area contributed by atoms with E-state index in [0.717, 1.165) is 18.2 Å². The molecule has 0 spiro atoms. The van der Waals surface area contributed by atoms with Crippen LogP contribution in [0.3, 0.4) is 0 Å². The van der Waals surface area contributed by atoms with E-state index in [0.29, 0.717) is 6.42 Å². The lowest BCUT2D eigenvalue weighted by Gasteiger charge is -2.21. The first kappa shape index (κ1) is 15.5. The van der Waals surface area contributed by atoms with Crippen molar-refractivity contribution < 1.29 is 14.6 Å². The fraction of sp³-hybridized carbons (Fsp3) is 0.417. The summed E-state index contributed by atoms with van der Waals surface area (Å²) in [5.74, 6) is -0.352. The van der Waals surface area contributed by atoms with E-state index < -0.39 is 26.6 Å². The Hall–Kier alpha value is -2.51. The predicted octanol–water partition coefficient (Wildman–Crippen LogP) is 2.88. The summed E-state index contributed by atoms with van der Waals surface area (Å²) >= 11 is 0. The maximum absolute atomic E-state index is 12.0. The van der Waals surface area contributed by atoms with Crippen molar-refractivity contribution in [2.24, 2.45) is 5.41 Å². The highest BCUT2D eigenvalue weighted by Gasteiger charge is 2.26. The number of non-ortho nitro benzene ring substituents is 2. The van der Waals surface area contributed by atoms with Gasteiger partial charge in [-0.15, -0.1) is 0 Å². The summed E-state index contributed by atoms with van der Waals surface area (Å²) in [4.78, 5) is 32.0. The number of rotatable bonds is 5. The van der Waals surface area contributed by atoms with E-state index >= 15 is 0 Å². The number of carbonyl (C=O) groups excluding carboxylic acids is 1. The molecule has 0 atom stereocenters. The van der Waals surface area contributed by atoms with Crippen LogP contribution in [0.5, 0.6) is 0 Å². The fourth-order valence-electron chi connectivity index (χ4n) is 1.34. The van der Waals surface area contributed by atoms with Crippen molar-refractivity contribution in [3.8, 4) is 0 Å². The van der Waals surface area contributed by atoms with Crippen LogP contribution in [0, 0.1) is 25.6 Å². The number of nitrogens with zero attached hydrogens (tertiary/aromatic N) is 2. The van der Waals surface area contributed by atoms with Crippen LogP contribution in [0.2, 0.25) is 0 Å². The summed E-state index contributed by atoms with van der Waals surface area (Å²) in [6.45, 7) is 5.26. The van der Waals surface area contributed by atoms with E-state index in [2.05, 4.69) is 5.32 Å². The molecule has 0 saturated heterocycles. The number of benzene rings is 1. The first-order valence-electron chi connectivity index (χ1n) is 5.92. The molecular weight excluding hydrogens is 266 g/mol. The maximum atomic E-state index is 12.0. The number of carbonyl (C=O) groups is 1. The molecule has 1 aromatic carbocycles. The van der Waals surface area contributed by atoms with Gasteiger partial charge in [-0.2, -0.15) is 0 Å². The summed E-state index contributed by atoms with van der Waals surface area (Å²) in [5, 5.41) is 23.9. The Labute approximate surface area is 115 Å². The SMILES string of the molecule is CCC(C)(C)C(=O)Nc1cc([N+](=O)[O-])cc([N+](=O)[O-])c1. The molecule has 0 heterocycles. The average Bonchev–Trinajstić information content (AvgIpc) is 2.38. The van der Waals surface area contributed by atoms with Crippen LogP contribution in [0.1, 0.15) is 27.2 Å². The summed E-state index contributed by atoms with van der Waals surface area (Å²) in [5.41, 5.74) is -1.51. The lowest BCUT2D eigenvalue weighted by molar-refractivity contribution is -0.394. The molecule has 20 heavy (non-hydrogen) atoms. The minimum absolute atomic E-state index is 0.0393. The summed E-state index contributed by atoms with van der Waals surface area (Å²) in [7, 11) is 0. The zero-order valence-electron chi connectivity index (χ0n) is 11.4. The molecule has 0 aromatic heterocycles. The number of anilines is 1. The summed E-state index contributed by atoms with van der Waals surface area (Å²) in [6, 6.07) is 3.04. The minimum atomic E-state index is -0.742. The molecule has 108 valence electrons. The van der Waals surface area contributed by atoms with Crippen LogP contribution in [0.15, 0.2) is 18.2 Å². The largest absolute Gasteiger partial charge is 0.325 e. The second kappa shape index (κ2) is 5.64. The third-order valence-corrected chi connectivity index (χ3v) is 3.08. The van der Waals surface area contributed by atoms with Gasteiger partial charge in [-0.1, -0.05) is 20.8 Å². The smallest absolute Gasteiger partial charge is 0.278 e. The highest BCUT2D eigenvalue weighted by molar-refractivity contribution is 5.95. The Balaban J connectivity index is 3.15. The molecule has 0 aliphatic rings. The van der Waals surface area contributed by atoms with Crippen molar-refractivity contribution in [1.29, 1.82) is 0 Å². The molecule has 8 nitrogen and oxygen atoms in total. The van der Waals surface area contributed by atoms with Gasteiger partial charge < -0.3 is 5.32 Å². The molecule has 1 aromatic rings. The van der Waals surface area contributed by atoms with Gasteiger partial charge in [0.2, 0.25) is 5.91 Å². The van der Waals surface area contributed by atoms with E-state index in [4.69, 9.17) is 0 Å². The van der Waals surface area contributed by atoms with Crippen LogP contribution in [-0.4, -0.2) is 15.8 Å². The van der Waals surface area contributed by atoms with Crippen LogP contribution >= 0.6 is 0 Å². The molecule has 0 bridgehead atoms. The molecule has 0 radical (unpaired) electrons.